The van der Waals surface area contributed by atoms with Crippen molar-refractivity contribution in [1.82, 2.24) is 10.2 Å². The third kappa shape index (κ3) is 6.57. The van der Waals surface area contributed by atoms with Crippen LogP contribution in [0.2, 0.25) is 0 Å². The van der Waals surface area contributed by atoms with Crippen LogP contribution >= 0.6 is 24.0 Å². The summed E-state index contributed by atoms with van der Waals surface area (Å²) in [7, 11) is 0. The van der Waals surface area contributed by atoms with E-state index in [4.69, 9.17) is 4.99 Å². The third-order valence-corrected chi connectivity index (χ3v) is 4.11. The quantitative estimate of drug-likeness (QED) is 0.410. The second kappa shape index (κ2) is 10.7. The zero-order chi connectivity index (χ0) is 15.8. The number of halogens is 1. The highest BCUT2D eigenvalue weighted by Crippen LogP contribution is 2.13. The van der Waals surface area contributed by atoms with Gasteiger partial charge in [-0.15, -0.1) is 24.0 Å². The molecule has 0 amide bonds. The highest BCUT2D eigenvalue weighted by molar-refractivity contribution is 14.0. The summed E-state index contributed by atoms with van der Waals surface area (Å²) >= 11 is 0. The lowest BCUT2D eigenvalue weighted by Crippen LogP contribution is -2.41. The van der Waals surface area contributed by atoms with E-state index in [9.17, 15) is 0 Å². The normalized spacial score (nSPS) is 16.2. The third-order valence-electron chi connectivity index (χ3n) is 4.11. The Morgan fingerprint density at radius 3 is 2.39 bits per heavy atom. The monoisotopic (exact) mass is 430 g/mol. The molecular formula is C18H31IN4. The molecule has 1 aromatic rings. The molecule has 130 valence electrons. The summed E-state index contributed by atoms with van der Waals surface area (Å²) in [6, 6.07) is 10.8. The molecule has 2 rings (SSSR count). The van der Waals surface area contributed by atoms with E-state index in [1.165, 1.54) is 18.5 Å². The minimum atomic E-state index is 0. The highest BCUT2D eigenvalue weighted by Gasteiger charge is 2.17. The first-order chi connectivity index (χ1) is 10.7. The number of hydrogen-bond donors (Lipinski definition) is 2. The summed E-state index contributed by atoms with van der Waals surface area (Å²) < 4.78 is 0. The minimum Gasteiger partial charge on any atom is -0.380 e. The van der Waals surface area contributed by atoms with Gasteiger partial charge >= 0.3 is 0 Å². The van der Waals surface area contributed by atoms with Crippen molar-refractivity contribution in [3.8, 4) is 0 Å². The Labute approximate surface area is 158 Å². The number of aliphatic imine (C=N–C) groups is 1. The second-order valence-corrected chi connectivity index (χ2v) is 6.25. The smallest absolute Gasteiger partial charge is 0.193 e. The van der Waals surface area contributed by atoms with Crippen LogP contribution in [0.15, 0.2) is 35.3 Å². The maximum Gasteiger partial charge on any atom is 0.193 e. The fourth-order valence-corrected chi connectivity index (χ4v) is 2.71. The van der Waals surface area contributed by atoms with Crippen molar-refractivity contribution >= 4 is 35.6 Å². The molecule has 0 aromatic heterocycles. The molecule has 2 N–H and O–H groups in total. The van der Waals surface area contributed by atoms with Crippen LogP contribution in [0.3, 0.4) is 0 Å². The van der Waals surface area contributed by atoms with Crippen LogP contribution in [0.5, 0.6) is 0 Å². The summed E-state index contributed by atoms with van der Waals surface area (Å²) in [5.41, 5.74) is 1.17. The molecule has 1 unspecified atom stereocenters. The average Bonchev–Trinajstić information content (AvgIpc) is 3.05. The standard InChI is InChI=1S/C18H30N4.HI/c1-4-19-18(22-12-8-9-13-22)20-14-17(15(2)3)21-16-10-6-5-7-11-16;/h5-7,10-11,15,17,21H,4,8-9,12-14H2,1-3H3,(H,19,20);1H. The molecular weight excluding hydrogens is 399 g/mol. The molecule has 5 heteroatoms. The summed E-state index contributed by atoms with van der Waals surface area (Å²) in [6.45, 7) is 10.6. The Morgan fingerprint density at radius 1 is 1.17 bits per heavy atom. The van der Waals surface area contributed by atoms with Crippen LogP contribution in [-0.2, 0) is 0 Å². The summed E-state index contributed by atoms with van der Waals surface area (Å²) in [6.07, 6.45) is 2.56. The zero-order valence-corrected chi connectivity index (χ0v) is 16.9. The predicted octanol–water partition coefficient (Wildman–Crippen LogP) is 3.80. The van der Waals surface area contributed by atoms with Crippen molar-refractivity contribution in [2.75, 3.05) is 31.5 Å². The van der Waals surface area contributed by atoms with E-state index in [1.54, 1.807) is 0 Å². The number of nitrogens with zero attached hydrogens (tertiary/aromatic N) is 2. The fourth-order valence-electron chi connectivity index (χ4n) is 2.71. The van der Waals surface area contributed by atoms with E-state index >= 15 is 0 Å². The van der Waals surface area contributed by atoms with E-state index in [0.29, 0.717) is 12.0 Å². The number of rotatable bonds is 6. The van der Waals surface area contributed by atoms with Crippen LogP contribution in [0.1, 0.15) is 33.6 Å². The van der Waals surface area contributed by atoms with E-state index in [-0.39, 0.29) is 24.0 Å². The first-order valence-corrected chi connectivity index (χ1v) is 8.55. The SMILES string of the molecule is CCNC(=NCC(Nc1ccccc1)C(C)C)N1CCCC1.I. The maximum atomic E-state index is 4.88. The number of benzene rings is 1. The van der Waals surface area contributed by atoms with Gasteiger partial charge in [-0.1, -0.05) is 32.0 Å². The number of anilines is 1. The van der Waals surface area contributed by atoms with Crippen LogP contribution in [0.25, 0.3) is 0 Å². The van der Waals surface area contributed by atoms with Gasteiger partial charge in [-0.25, -0.2) is 0 Å². The van der Waals surface area contributed by atoms with Crippen molar-refractivity contribution < 1.29 is 0 Å². The lowest BCUT2D eigenvalue weighted by molar-refractivity contribution is 0.483. The van der Waals surface area contributed by atoms with Gasteiger partial charge in [0, 0.05) is 31.4 Å². The Bertz CT molecular complexity index is 455. The van der Waals surface area contributed by atoms with Gasteiger partial charge in [0.25, 0.3) is 0 Å². The molecule has 4 nitrogen and oxygen atoms in total. The van der Waals surface area contributed by atoms with Crippen molar-refractivity contribution in [2.24, 2.45) is 10.9 Å². The number of guanidine groups is 1. The lowest BCUT2D eigenvalue weighted by Gasteiger charge is -2.25. The van der Waals surface area contributed by atoms with Crippen LogP contribution in [0.4, 0.5) is 5.69 Å². The summed E-state index contributed by atoms with van der Waals surface area (Å²) in [5.74, 6) is 1.60. The molecule has 0 radical (unpaired) electrons. The average molecular weight is 430 g/mol. The fraction of sp³-hybridized carbons (Fsp3) is 0.611. The molecule has 0 spiro atoms. The van der Waals surface area contributed by atoms with Crippen molar-refractivity contribution in [2.45, 2.75) is 39.7 Å². The van der Waals surface area contributed by atoms with E-state index in [1.807, 2.05) is 6.07 Å². The molecule has 1 heterocycles. The van der Waals surface area contributed by atoms with Gasteiger partial charge in [0.2, 0.25) is 0 Å². The summed E-state index contributed by atoms with van der Waals surface area (Å²) in [4.78, 5) is 7.26. The Morgan fingerprint density at radius 2 is 1.83 bits per heavy atom. The molecule has 0 saturated carbocycles. The molecule has 1 aliphatic rings. The Balaban J connectivity index is 0.00000264. The first kappa shape index (κ1) is 20.1. The zero-order valence-electron chi connectivity index (χ0n) is 14.6. The van der Waals surface area contributed by atoms with Crippen LogP contribution in [0, 0.1) is 5.92 Å². The van der Waals surface area contributed by atoms with E-state index in [0.717, 1.165) is 32.1 Å². The van der Waals surface area contributed by atoms with Gasteiger partial charge in [-0.3, -0.25) is 4.99 Å². The van der Waals surface area contributed by atoms with E-state index < -0.39 is 0 Å². The van der Waals surface area contributed by atoms with Crippen molar-refractivity contribution in [3.05, 3.63) is 30.3 Å². The topological polar surface area (TPSA) is 39.7 Å². The number of nitrogens with one attached hydrogen (secondary N) is 2. The van der Waals surface area contributed by atoms with Gasteiger partial charge in [-0.05, 0) is 37.8 Å². The minimum absolute atomic E-state index is 0. The molecule has 1 atom stereocenters. The van der Waals surface area contributed by atoms with Crippen LogP contribution in [-0.4, -0.2) is 43.1 Å². The van der Waals surface area contributed by atoms with Crippen LogP contribution < -0.4 is 10.6 Å². The Kier molecular flexibility index (Phi) is 9.36. The number of hydrogen-bond acceptors (Lipinski definition) is 2. The molecule has 1 saturated heterocycles. The van der Waals surface area contributed by atoms with Gasteiger partial charge in [-0.2, -0.15) is 0 Å². The number of para-hydroxylation sites is 1. The van der Waals surface area contributed by atoms with Gasteiger partial charge in [0.05, 0.1) is 6.54 Å². The lowest BCUT2D eigenvalue weighted by atomic mass is 10.0. The molecule has 0 bridgehead atoms. The molecule has 1 fully saturated rings. The van der Waals surface area contributed by atoms with Gasteiger partial charge < -0.3 is 15.5 Å². The molecule has 1 aromatic carbocycles. The van der Waals surface area contributed by atoms with Crippen molar-refractivity contribution in [1.29, 1.82) is 0 Å². The highest BCUT2D eigenvalue weighted by atomic mass is 127. The molecule has 23 heavy (non-hydrogen) atoms. The predicted molar refractivity (Wildman–Crippen MR) is 111 cm³/mol. The van der Waals surface area contributed by atoms with Gasteiger partial charge in [0.15, 0.2) is 5.96 Å². The molecule has 0 aliphatic carbocycles. The maximum absolute atomic E-state index is 4.88. The Hall–Kier alpha value is -0.980. The van der Waals surface area contributed by atoms with Gasteiger partial charge in [0.1, 0.15) is 0 Å². The summed E-state index contributed by atoms with van der Waals surface area (Å²) in [5, 5.41) is 7.04. The first-order valence-electron chi connectivity index (χ1n) is 8.55. The largest absolute Gasteiger partial charge is 0.380 e. The molecule has 1 aliphatic heterocycles. The van der Waals surface area contributed by atoms with E-state index in [2.05, 4.69) is 60.6 Å². The number of likely N-dealkylation sites (tertiary alicyclic amines) is 1. The van der Waals surface area contributed by atoms with Crippen molar-refractivity contribution in [3.63, 3.8) is 0 Å². The second-order valence-electron chi connectivity index (χ2n) is 6.25.